The summed E-state index contributed by atoms with van der Waals surface area (Å²) in [6.45, 7) is 15.7. The van der Waals surface area contributed by atoms with E-state index < -0.39 is 0 Å². The topological polar surface area (TPSA) is 51.2 Å². The molecule has 0 spiro atoms. The lowest BCUT2D eigenvalue weighted by Gasteiger charge is -2.36. The van der Waals surface area contributed by atoms with Gasteiger partial charge in [0.1, 0.15) is 0 Å². The first kappa shape index (κ1) is 20.5. The third-order valence-corrected chi connectivity index (χ3v) is 4.49. The summed E-state index contributed by atoms with van der Waals surface area (Å²) in [4.78, 5) is 22.7. The second-order valence-corrected chi connectivity index (χ2v) is 6.65. The quantitative estimate of drug-likeness (QED) is 0.315. The third-order valence-electron chi connectivity index (χ3n) is 4.49. The molecule has 1 aliphatic rings. The Morgan fingerprint density at radius 3 is 2.42 bits per heavy atom. The summed E-state index contributed by atoms with van der Waals surface area (Å²) in [5, 5.41) is 3.35. The Labute approximate surface area is 147 Å². The van der Waals surface area contributed by atoms with Crippen LogP contribution in [0.5, 0.6) is 0 Å². The predicted molar refractivity (Wildman–Crippen MR) is 101 cm³/mol. The highest BCUT2D eigenvalue weighted by Gasteiger charge is 2.20. The highest BCUT2D eigenvalue weighted by Crippen LogP contribution is 2.04. The van der Waals surface area contributed by atoms with E-state index in [2.05, 4.69) is 42.6 Å². The Morgan fingerprint density at radius 1 is 1.25 bits per heavy atom. The molecule has 1 N–H and O–H groups in total. The average Bonchev–Trinajstić information content (AvgIpc) is 2.57. The van der Waals surface area contributed by atoms with Crippen molar-refractivity contribution >= 4 is 11.9 Å². The first-order chi connectivity index (χ1) is 11.5. The van der Waals surface area contributed by atoms with Gasteiger partial charge in [-0.1, -0.05) is 6.08 Å². The lowest BCUT2D eigenvalue weighted by atomic mass is 10.2. The van der Waals surface area contributed by atoms with E-state index in [0.29, 0.717) is 12.6 Å². The highest BCUT2D eigenvalue weighted by molar-refractivity contribution is 5.80. The molecule has 0 bridgehead atoms. The van der Waals surface area contributed by atoms with Crippen molar-refractivity contribution in [2.45, 2.75) is 39.7 Å². The Balaban J connectivity index is 2.43. The van der Waals surface area contributed by atoms with Crippen molar-refractivity contribution in [2.75, 3.05) is 52.9 Å². The van der Waals surface area contributed by atoms with Crippen LogP contribution in [0.15, 0.2) is 17.6 Å². The van der Waals surface area contributed by atoms with Gasteiger partial charge in [-0.25, -0.2) is 0 Å². The second kappa shape index (κ2) is 11.1. The van der Waals surface area contributed by atoms with Crippen molar-refractivity contribution in [2.24, 2.45) is 4.99 Å². The smallest absolute Gasteiger partial charge is 0.219 e. The number of guanidine groups is 1. The standard InChI is InChI=1S/C18H35N5O/c1-6-9-19-18(20-10-7-8-11-21(5)16(2)3)23-14-12-22(13-15-23)17(4)24/h6,16H,1,7-15H2,2-5H3,(H,19,20). The molecule has 0 aromatic rings. The Kier molecular flexibility index (Phi) is 9.45. The van der Waals surface area contributed by atoms with Gasteiger partial charge in [-0.2, -0.15) is 0 Å². The van der Waals surface area contributed by atoms with E-state index in [1.54, 1.807) is 6.92 Å². The number of amides is 1. The summed E-state index contributed by atoms with van der Waals surface area (Å²) in [7, 11) is 2.17. The molecule has 1 fully saturated rings. The number of nitrogens with zero attached hydrogens (tertiary/aromatic N) is 4. The fourth-order valence-electron chi connectivity index (χ4n) is 2.58. The Bertz CT molecular complexity index is 414. The van der Waals surface area contributed by atoms with Gasteiger partial charge in [-0.3, -0.25) is 9.79 Å². The molecule has 0 atom stereocenters. The molecule has 0 radical (unpaired) electrons. The van der Waals surface area contributed by atoms with Crippen molar-refractivity contribution in [3.05, 3.63) is 12.7 Å². The van der Waals surface area contributed by atoms with Gasteiger partial charge in [-0.05, 0) is 40.3 Å². The van der Waals surface area contributed by atoms with Crippen LogP contribution in [-0.2, 0) is 4.79 Å². The number of hydrogen-bond acceptors (Lipinski definition) is 3. The number of unbranched alkanes of at least 4 members (excludes halogenated alkanes) is 1. The summed E-state index contributed by atoms with van der Waals surface area (Å²) >= 11 is 0. The maximum atomic E-state index is 11.4. The van der Waals surface area contributed by atoms with Crippen LogP contribution in [0, 0.1) is 0 Å². The average molecular weight is 338 g/mol. The second-order valence-electron chi connectivity index (χ2n) is 6.65. The van der Waals surface area contributed by atoms with Gasteiger partial charge in [-0.15, -0.1) is 6.58 Å². The number of hydrogen-bond donors (Lipinski definition) is 1. The van der Waals surface area contributed by atoms with Crippen molar-refractivity contribution in [1.29, 1.82) is 0 Å². The number of piperazine rings is 1. The SMILES string of the molecule is C=CCNC(=NCCCCN(C)C(C)C)N1CCN(C(C)=O)CC1. The van der Waals surface area contributed by atoms with E-state index in [1.807, 2.05) is 11.0 Å². The molecule has 138 valence electrons. The fraction of sp³-hybridized carbons (Fsp3) is 0.778. The molecule has 0 aliphatic carbocycles. The predicted octanol–water partition coefficient (Wildman–Crippen LogP) is 1.40. The largest absolute Gasteiger partial charge is 0.353 e. The fourth-order valence-corrected chi connectivity index (χ4v) is 2.58. The molecule has 1 aliphatic heterocycles. The van der Waals surface area contributed by atoms with Gasteiger partial charge in [0.2, 0.25) is 5.91 Å². The maximum Gasteiger partial charge on any atom is 0.219 e. The molecule has 1 rings (SSSR count). The van der Waals surface area contributed by atoms with E-state index in [4.69, 9.17) is 4.99 Å². The summed E-state index contributed by atoms with van der Waals surface area (Å²) in [6.07, 6.45) is 4.09. The lowest BCUT2D eigenvalue weighted by Crippen LogP contribution is -2.53. The minimum atomic E-state index is 0.154. The molecule has 6 nitrogen and oxygen atoms in total. The summed E-state index contributed by atoms with van der Waals surface area (Å²) in [5.41, 5.74) is 0. The van der Waals surface area contributed by atoms with Crippen LogP contribution < -0.4 is 5.32 Å². The number of carbonyl (C=O) groups excluding carboxylic acids is 1. The summed E-state index contributed by atoms with van der Waals surface area (Å²) < 4.78 is 0. The van der Waals surface area contributed by atoms with Crippen LogP contribution >= 0.6 is 0 Å². The molecule has 1 amide bonds. The number of nitrogens with one attached hydrogen (secondary N) is 1. The molecular formula is C18H35N5O. The molecule has 0 unspecified atom stereocenters. The minimum absolute atomic E-state index is 0.154. The van der Waals surface area contributed by atoms with E-state index >= 15 is 0 Å². The minimum Gasteiger partial charge on any atom is -0.353 e. The molecule has 6 heteroatoms. The van der Waals surface area contributed by atoms with Crippen molar-refractivity contribution in [3.8, 4) is 0 Å². The van der Waals surface area contributed by atoms with Crippen molar-refractivity contribution in [3.63, 3.8) is 0 Å². The van der Waals surface area contributed by atoms with Crippen LogP contribution in [0.25, 0.3) is 0 Å². The van der Waals surface area contributed by atoms with E-state index in [1.165, 1.54) is 0 Å². The lowest BCUT2D eigenvalue weighted by molar-refractivity contribution is -0.130. The van der Waals surface area contributed by atoms with Crippen LogP contribution in [0.1, 0.15) is 33.6 Å². The summed E-state index contributed by atoms with van der Waals surface area (Å²) in [6, 6.07) is 0.593. The van der Waals surface area contributed by atoms with Crippen LogP contribution in [0.3, 0.4) is 0 Å². The first-order valence-corrected chi connectivity index (χ1v) is 9.05. The van der Waals surface area contributed by atoms with Gasteiger partial charge < -0.3 is 20.0 Å². The molecule has 1 saturated heterocycles. The van der Waals surface area contributed by atoms with Gasteiger partial charge in [0, 0.05) is 52.2 Å². The Hall–Kier alpha value is -1.56. The number of carbonyl (C=O) groups is 1. The third kappa shape index (κ3) is 7.34. The van der Waals surface area contributed by atoms with Gasteiger partial charge in [0.15, 0.2) is 5.96 Å². The highest BCUT2D eigenvalue weighted by atomic mass is 16.2. The first-order valence-electron chi connectivity index (χ1n) is 9.05. The van der Waals surface area contributed by atoms with Gasteiger partial charge in [0.05, 0.1) is 0 Å². The van der Waals surface area contributed by atoms with Crippen LogP contribution in [0.4, 0.5) is 0 Å². The van der Waals surface area contributed by atoms with Gasteiger partial charge >= 0.3 is 0 Å². The molecule has 24 heavy (non-hydrogen) atoms. The molecule has 0 aromatic carbocycles. The normalized spacial score (nSPS) is 16.0. The van der Waals surface area contributed by atoms with Crippen LogP contribution in [-0.4, -0.2) is 85.5 Å². The molecule has 0 saturated carbocycles. The zero-order chi connectivity index (χ0) is 17.9. The van der Waals surface area contributed by atoms with Crippen molar-refractivity contribution in [1.82, 2.24) is 20.0 Å². The number of rotatable bonds is 8. The van der Waals surface area contributed by atoms with E-state index in [-0.39, 0.29) is 5.91 Å². The van der Waals surface area contributed by atoms with E-state index in [9.17, 15) is 4.79 Å². The molecular weight excluding hydrogens is 302 g/mol. The maximum absolute atomic E-state index is 11.4. The van der Waals surface area contributed by atoms with Gasteiger partial charge in [0.25, 0.3) is 0 Å². The van der Waals surface area contributed by atoms with Crippen LogP contribution in [0.2, 0.25) is 0 Å². The zero-order valence-electron chi connectivity index (χ0n) is 15.9. The Morgan fingerprint density at radius 2 is 1.88 bits per heavy atom. The monoisotopic (exact) mass is 337 g/mol. The van der Waals surface area contributed by atoms with Crippen molar-refractivity contribution < 1.29 is 4.79 Å². The summed E-state index contributed by atoms with van der Waals surface area (Å²) in [5.74, 6) is 1.09. The molecule has 0 aromatic heterocycles. The van der Waals surface area contributed by atoms with E-state index in [0.717, 1.165) is 58.1 Å². The zero-order valence-corrected chi connectivity index (χ0v) is 15.9. The molecule has 1 heterocycles. The number of aliphatic imine (C=N–C) groups is 1.